The highest BCUT2D eigenvalue weighted by atomic mass is 16.5. The molecule has 0 N–H and O–H groups in total. The van der Waals surface area contributed by atoms with Crippen LogP contribution >= 0.6 is 0 Å². The van der Waals surface area contributed by atoms with E-state index in [2.05, 4.69) is 19.1 Å². The molecule has 1 aliphatic rings. The summed E-state index contributed by atoms with van der Waals surface area (Å²) in [7, 11) is 1.46. The summed E-state index contributed by atoms with van der Waals surface area (Å²) in [6.45, 7) is 4.04. The number of carbonyl (C=O) groups excluding carboxylic acids is 1. The summed E-state index contributed by atoms with van der Waals surface area (Å²) in [6.07, 6.45) is 6.11. The van der Waals surface area contributed by atoms with Crippen LogP contribution in [0.4, 0.5) is 0 Å². The Kier molecular flexibility index (Phi) is 2.55. The van der Waals surface area contributed by atoms with E-state index in [0.29, 0.717) is 5.92 Å². The maximum absolute atomic E-state index is 11.4. The molecule has 0 amide bonds. The van der Waals surface area contributed by atoms with Crippen molar-refractivity contribution in [3.05, 3.63) is 12.2 Å². The van der Waals surface area contributed by atoms with Crippen LogP contribution in [0.3, 0.4) is 0 Å². The quantitative estimate of drug-likeness (QED) is 0.443. The minimum absolute atomic E-state index is 0.0839. The van der Waals surface area contributed by atoms with E-state index in [0.717, 1.165) is 12.8 Å². The Labute approximate surface area is 73.6 Å². The molecule has 2 heteroatoms. The summed E-state index contributed by atoms with van der Waals surface area (Å²) < 4.78 is 4.79. The first-order chi connectivity index (χ1) is 5.61. The molecule has 1 rings (SSSR count). The molecular formula is C10H16O2. The first kappa shape index (κ1) is 9.30. The van der Waals surface area contributed by atoms with Gasteiger partial charge in [0.2, 0.25) is 0 Å². The molecule has 0 unspecified atom stereocenters. The summed E-state index contributed by atoms with van der Waals surface area (Å²) >= 11 is 0. The third kappa shape index (κ3) is 1.38. The molecule has 0 saturated heterocycles. The molecule has 1 aliphatic carbocycles. The summed E-state index contributed by atoms with van der Waals surface area (Å²) in [4.78, 5) is 11.4. The zero-order valence-corrected chi connectivity index (χ0v) is 7.96. The Balaban J connectivity index is 2.82. The van der Waals surface area contributed by atoms with Crippen LogP contribution in [0.5, 0.6) is 0 Å². The van der Waals surface area contributed by atoms with Crippen molar-refractivity contribution in [2.75, 3.05) is 7.11 Å². The number of esters is 1. The Morgan fingerprint density at radius 2 is 2.33 bits per heavy atom. The van der Waals surface area contributed by atoms with Crippen molar-refractivity contribution in [1.82, 2.24) is 0 Å². The van der Waals surface area contributed by atoms with Crippen molar-refractivity contribution in [3.63, 3.8) is 0 Å². The van der Waals surface area contributed by atoms with Gasteiger partial charge in [0.05, 0.1) is 12.5 Å². The molecule has 0 bridgehead atoms. The van der Waals surface area contributed by atoms with Crippen molar-refractivity contribution in [2.24, 2.45) is 11.3 Å². The summed E-state index contributed by atoms with van der Waals surface area (Å²) in [5.41, 5.74) is -0.302. The Hall–Kier alpha value is -0.790. The predicted octanol–water partition coefficient (Wildman–Crippen LogP) is 2.15. The van der Waals surface area contributed by atoms with Gasteiger partial charge in [0, 0.05) is 0 Å². The topological polar surface area (TPSA) is 26.3 Å². The molecule has 2 nitrogen and oxygen atoms in total. The van der Waals surface area contributed by atoms with E-state index in [9.17, 15) is 4.79 Å². The van der Waals surface area contributed by atoms with Crippen molar-refractivity contribution >= 4 is 5.97 Å². The van der Waals surface area contributed by atoms with E-state index < -0.39 is 0 Å². The summed E-state index contributed by atoms with van der Waals surface area (Å²) in [6, 6.07) is 0. The van der Waals surface area contributed by atoms with Crippen molar-refractivity contribution in [2.45, 2.75) is 26.7 Å². The zero-order chi connectivity index (χ0) is 9.19. The average Bonchev–Trinajstić information content (AvgIpc) is 2.09. The highest BCUT2D eigenvalue weighted by molar-refractivity contribution is 5.77. The monoisotopic (exact) mass is 168 g/mol. The van der Waals surface area contributed by atoms with Gasteiger partial charge in [-0.1, -0.05) is 19.1 Å². The molecule has 0 fully saturated rings. The van der Waals surface area contributed by atoms with Crippen molar-refractivity contribution in [1.29, 1.82) is 0 Å². The van der Waals surface area contributed by atoms with Crippen LogP contribution in [-0.2, 0) is 9.53 Å². The molecule has 2 atom stereocenters. The number of ether oxygens (including phenoxy) is 1. The molecule has 0 spiro atoms. The number of hydrogen-bond acceptors (Lipinski definition) is 2. The van der Waals surface area contributed by atoms with Gasteiger partial charge in [0.15, 0.2) is 0 Å². The Morgan fingerprint density at radius 3 is 2.83 bits per heavy atom. The maximum Gasteiger partial charge on any atom is 0.312 e. The summed E-state index contributed by atoms with van der Waals surface area (Å²) in [5, 5.41) is 0. The third-order valence-electron chi connectivity index (χ3n) is 2.91. The second kappa shape index (κ2) is 3.30. The fourth-order valence-corrected chi connectivity index (χ4v) is 1.64. The van der Waals surface area contributed by atoms with E-state index >= 15 is 0 Å². The van der Waals surface area contributed by atoms with Crippen LogP contribution < -0.4 is 0 Å². The first-order valence-electron chi connectivity index (χ1n) is 4.36. The normalized spacial score (nSPS) is 34.8. The fraction of sp³-hybridized carbons (Fsp3) is 0.700. The highest BCUT2D eigenvalue weighted by Gasteiger charge is 2.39. The molecule has 0 heterocycles. The van der Waals surface area contributed by atoms with Crippen LogP contribution in [0.15, 0.2) is 12.2 Å². The molecule has 0 aromatic carbocycles. The minimum atomic E-state index is -0.302. The average molecular weight is 168 g/mol. The predicted molar refractivity (Wildman–Crippen MR) is 47.7 cm³/mol. The summed E-state index contributed by atoms with van der Waals surface area (Å²) in [5.74, 6) is 0.207. The van der Waals surface area contributed by atoms with Gasteiger partial charge >= 0.3 is 5.97 Å². The lowest BCUT2D eigenvalue weighted by Gasteiger charge is -2.33. The van der Waals surface area contributed by atoms with Crippen LogP contribution in [-0.4, -0.2) is 13.1 Å². The number of methoxy groups -OCH3 is 1. The van der Waals surface area contributed by atoms with E-state index in [-0.39, 0.29) is 11.4 Å². The smallest absolute Gasteiger partial charge is 0.312 e. The van der Waals surface area contributed by atoms with E-state index in [1.807, 2.05) is 6.92 Å². The molecule has 12 heavy (non-hydrogen) atoms. The van der Waals surface area contributed by atoms with Gasteiger partial charge in [-0.2, -0.15) is 0 Å². The van der Waals surface area contributed by atoms with Gasteiger partial charge in [-0.25, -0.2) is 0 Å². The third-order valence-corrected chi connectivity index (χ3v) is 2.91. The molecule has 68 valence electrons. The number of hydrogen-bond donors (Lipinski definition) is 0. The van der Waals surface area contributed by atoms with Crippen molar-refractivity contribution < 1.29 is 9.53 Å². The number of rotatable bonds is 1. The molecule has 0 saturated carbocycles. The number of allylic oxidation sites excluding steroid dienone is 2. The van der Waals surface area contributed by atoms with Gasteiger partial charge in [-0.3, -0.25) is 4.79 Å². The largest absolute Gasteiger partial charge is 0.469 e. The van der Waals surface area contributed by atoms with Gasteiger partial charge in [0.25, 0.3) is 0 Å². The van der Waals surface area contributed by atoms with Crippen LogP contribution in [0.1, 0.15) is 26.7 Å². The molecule has 0 aromatic heterocycles. The molecule has 0 radical (unpaired) electrons. The molecular weight excluding hydrogens is 152 g/mol. The van der Waals surface area contributed by atoms with Gasteiger partial charge in [-0.15, -0.1) is 0 Å². The van der Waals surface area contributed by atoms with Crippen molar-refractivity contribution in [3.8, 4) is 0 Å². The molecule has 0 aromatic rings. The lowest BCUT2D eigenvalue weighted by Crippen LogP contribution is -2.36. The Morgan fingerprint density at radius 1 is 1.67 bits per heavy atom. The highest BCUT2D eigenvalue weighted by Crippen LogP contribution is 2.37. The first-order valence-corrected chi connectivity index (χ1v) is 4.36. The van der Waals surface area contributed by atoms with E-state index in [1.165, 1.54) is 7.11 Å². The standard InChI is InChI=1S/C10H16O2/c1-8-6-4-5-7-10(8,2)9(11)12-3/h4,6,8H,5,7H2,1-3H3/t8-,10-/m0/s1. The number of carbonyl (C=O) groups is 1. The second-order valence-corrected chi connectivity index (χ2v) is 3.66. The van der Waals surface area contributed by atoms with Crippen LogP contribution in [0.2, 0.25) is 0 Å². The zero-order valence-electron chi connectivity index (χ0n) is 7.96. The lowest BCUT2D eigenvalue weighted by atomic mass is 9.71. The van der Waals surface area contributed by atoms with Crippen LogP contribution in [0.25, 0.3) is 0 Å². The molecule has 0 aliphatic heterocycles. The van der Waals surface area contributed by atoms with Crippen LogP contribution in [0, 0.1) is 11.3 Å². The second-order valence-electron chi connectivity index (χ2n) is 3.66. The lowest BCUT2D eigenvalue weighted by molar-refractivity contribution is -0.154. The Bertz CT molecular complexity index is 208. The van der Waals surface area contributed by atoms with Gasteiger partial charge in [0.1, 0.15) is 0 Å². The minimum Gasteiger partial charge on any atom is -0.469 e. The van der Waals surface area contributed by atoms with Gasteiger partial charge < -0.3 is 4.74 Å². The van der Waals surface area contributed by atoms with Gasteiger partial charge in [-0.05, 0) is 25.7 Å². The fourth-order valence-electron chi connectivity index (χ4n) is 1.64. The SMILES string of the molecule is COC(=O)[C@@]1(C)CCC=C[C@@H]1C. The van der Waals surface area contributed by atoms with E-state index in [1.54, 1.807) is 0 Å². The van der Waals surface area contributed by atoms with E-state index in [4.69, 9.17) is 4.74 Å². The maximum atomic E-state index is 11.4.